The maximum atomic E-state index is 13.5. The van der Waals surface area contributed by atoms with Gasteiger partial charge in [0.1, 0.15) is 11.6 Å². The Bertz CT molecular complexity index is 582. The van der Waals surface area contributed by atoms with Crippen molar-refractivity contribution in [3.8, 4) is 0 Å². The Balaban J connectivity index is 2.25. The lowest BCUT2D eigenvalue weighted by molar-refractivity contribution is 0.102. The van der Waals surface area contributed by atoms with Gasteiger partial charge in [-0.05, 0) is 24.6 Å². The molecular weight excluding hydrogens is 301 g/mol. The second-order valence-electron chi connectivity index (χ2n) is 3.70. The minimum absolute atomic E-state index is 0.0129. The lowest BCUT2D eigenvalue weighted by atomic mass is 10.2. The molecule has 0 aliphatic heterocycles. The standard InChI is InChI=1S/C12H11BrFN3O/c1-2-7-6-15-17-11(7)16-12(18)9-5-8(13)3-4-10(9)14/h3-6H,2H2,1H3,(H2,15,16,17,18). The van der Waals surface area contributed by atoms with E-state index in [1.165, 1.54) is 12.1 Å². The van der Waals surface area contributed by atoms with E-state index in [1.54, 1.807) is 12.3 Å². The fourth-order valence-electron chi connectivity index (χ4n) is 1.54. The molecule has 0 aliphatic rings. The summed E-state index contributed by atoms with van der Waals surface area (Å²) in [4.78, 5) is 11.9. The van der Waals surface area contributed by atoms with Crippen molar-refractivity contribution in [3.63, 3.8) is 0 Å². The zero-order valence-corrected chi connectivity index (χ0v) is 11.2. The van der Waals surface area contributed by atoms with Crippen molar-refractivity contribution in [3.05, 3.63) is 45.8 Å². The summed E-state index contributed by atoms with van der Waals surface area (Å²) in [6.07, 6.45) is 2.36. The number of anilines is 1. The molecule has 2 rings (SSSR count). The molecule has 2 N–H and O–H groups in total. The van der Waals surface area contributed by atoms with Crippen molar-refractivity contribution >= 4 is 27.7 Å². The van der Waals surface area contributed by atoms with Crippen LogP contribution in [-0.4, -0.2) is 16.1 Å². The van der Waals surface area contributed by atoms with Gasteiger partial charge in [0.2, 0.25) is 0 Å². The van der Waals surface area contributed by atoms with Crippen molar-refractivity contribution in [2.75, 3.05) is 5.32 Å². The van der Waals surface area contributed by atoms with Crippen molar-refractivity contribution in [2.45, 2.75) is 13.3 Å². The molecule has 4 nitrogen and oxygen atoms in total. The number of aryl methyl sites for hydroxylation is 1. The van der Waals surface area contributed by atoms with Gasteiger partial charge in [-0.15, -0.1) is 0 Å². The largest absolute Gasteiger partial charge is 0.307 e. The zero-order chi connectivity index (χ0) is 13.1. The summed E-state index contributed by atoms with van der Waals surface area (Å²) in [6.45, 7) is 1.94. The third-order valence-corrected chi connectivity index (χ3v) is 3.00. The van der Waals surface area contributed by atoms with Gasteiger partial charge in [-0.2, -0.15) is 5.10 Å². The Morgan fingerprint density at radius 2 is 2.33 bits per heavy atom. The fraction of sp³-hybridized carbons (Fsp3) is 0.167. The van der Waals surface area contributed by atoms with Crippen LogP contribution in [0.5, 0.6) is 0 Å². The molecule has 6 heteroatoms. The van der Waals surface area contributed by atoms with Gasteiger partial charge in [-0.3, -0.25) is 9.89 Å². The minimum Gasteiger partial charge on any atom is -0.307 e. The fourth-order valence-corrected chi connectivity index (χ4v) is 1.90. The minimum atomic E-state index is -0.562. The first kappa shape index (κ1) is 12.8. The molecule has 1 amide bonds. The number of rotatable bonds is 3. The number of benzene rings is 1. The van der Waals surface area contributed by atoms with Crippen molar-refractivity contribution in [1.82, 2.24) is 10.2 Å². The number of nitrogens with one attached hydrogen (secondary N) is 2. The first-order valence-electron chi connectivity index (χ1n) is 5.40. The molecule has 0 fully saturated rings. The number of aromatic nitrogens is 2. The van der Waals surface area contributed by atoms with Gasteiger partial charge >= 0.3 is 0 Å². The average molecular weight is 312 g/mol. The van der Waals surface area contributed by atoms with Crippen LogP contribution in [-0.2, 0) is 6.42 Å². The van der Waals surface area contributed by atoms with Crippen LogP contribution >= 0.6 is 15.9 Å². The van der Waals surface area contributed by atoms with E-state index in [0.717, 1.165) is 12.0 Å². The van der Waals surface area contributed by atoms with E-state index >= 15 is 0 Å². The number of carbonyl (C=O) groups excluding carboxylic acids is 1. The van der Waals surface area contributed by atoms with Gasteiger partial charge in [0.05, 0.1) is 11.8 Å². The lowest BCUT2D eigenvalue weighted by Crippen LogP contribution is -2.15. The molecule has 2 aromatic rings. The number of amides is 1. The highest BCUT2D eigenvalue weighted by atomic mass is 79.9. The summed E-state index contributed by atoms with van der Waals surface area (Å²) in [5.74, 6) is -0.567. The van der Waals surface area contributed by atoms with Gasteiger partial charge in [-0.25, -0.2) is 4.39 Å². The normalized spacial score (nSPS) is 10.4. The van der Waals surface area contributed by atoms with Crippen LogP contribution in [0.15, 0.2) is 28.9 Å². The molecule has 0 atom stereocenters. The van der Waals surface area contributed by atoms with Gasteiger partial charge in [-0.1, -0.05) is 22.9 Å². The summed E-state index contributed by atoms with van der Waals surface area (Å²) >= 11 is 3.20. The van der Waals surface area contributed by atoms with E-state index in [9.17, 15) is 9.18 Å². The lowest BCUT2D eigenvalue weighted by Gasteiger charge is -2.06. The third kappa shape index (κ3) is 2.59. The third-order valence-electron chi connectivity index (χ3n) is 2.51. The topological polar surface area (TPSA) is 57.8 Å². The highest BCUT2D eigenvalue weighted by molar-refractivity contribution is 9.10. The van der Waals surface area contributed by atoms with Crippen LogP contribution < -0.4 is 5.32 Å². The Morgan fingerprint density at radius 1 is 1.56 bits per heavy atom. The van der Waals surface area contributed by atoms with Crippen LogP contribution in [0, 0.1) is 5.82 Å². The van der Waals surface area contributed by atoms with E-state index in [0.29, 0.717) is 10.3 Å². The molecule has 0 saturated heterocycles. The quantitative estimate of drug-likeness (QED) is 0.915. The maximum absolute atomic E-state index is 13.5. The highest BCUT2D eigenvalue weighted by Gasteiger charge is 2.14. The Morgan fingerprint density at radius 3 is 3.06 bits per heavy atom. The zero-order valence-electron chi connectivity index (χ0n) is 9.63. The molecule has 0 spiro atoms. The molecule has 1 heterocycles. The van der Waals surface area contributed by atoms with E-state index in [-0.39, 0.29) is 5.56 Å². The van der Waals surface area contributed by atoms with E-state index < -0.39 is 11.7 Å². The summed E-state index contributed by atoms with van der Waals surface area (Å²) < 4.78 is 14.2. The van der Waals surface area contributed by atoms with E-state index in [4.69, 9.17) is 0 Å². The van der Waals surface area contributed by atoms with E-state index in [2.05, 4.69) is 31.4 Å². The molecular formula is C12H11BrFN3O. The summed E-state index contributed by atoms with van der Waals surface area (Å²) in [5.41, 5.74) is 0.861. The van der Waals surface area contributed by atoms with Gasteiger partial charge in [0.25, 0.3) is 5.91 Å². The second-order valence-corrected chi connectivity index (χ2v) is 4.62. The predicted octanol–water partition coefficient (Wildman–Crippen LogP) is 3.13. The molecule has 1 aromatic heterocycles. The molecule has 0 saturated carbocycles. The number of halogens is 2. The Kier molecular flexibility index (Phi) is 3.76. The number of nitrogens with zero attached hydrogens (tertiary/aromatic N) is 1. The SMILES string of the molecule is CCc1cn[nH]c1NC(=O)c1cc(Br)ccc1F. The molecule has 94 valence electrons. The maximum Gasteiger partial charge on any atom is 0.259 e. The number of hydrogen-bond acceptors (Lipinski definition) is 2. The van der Waals surface area contributed by atoms with Gasteiger partial charge in [0, 0.05) is 10.0 Å². The van der Waals surface area contributed by atoms with Gasteiger partial charge in [0.15, 0.2) is 0 Å². The van der Waals surface area contributed by atoms with Gasteiger partial charge < -0.3 is 5.32 Å². The molecule has 0 unspecified atom stereocenters. The van der Waals surface area contributed by atoms with Crippen LogP contribution in [0.4, 0.5) is 10.2 Å². The monoisotopic (exact) mass is 311 g/mol. The molecule has 0 radical (unpaired) electrons. The number of H-pyrrole nitrogens is 1. The van der Waals surface area contributed by atoms with Crippen LogP contribution in [0.3, 0.4) is 0 Å². The highest BCUT2D eigenvalue weighted by Crippen LogP contribution is 2.18. The summed E-state index contributed by atoms with van der Waals surface area (Å²) in [7, 11) is 0. The molecule has 0 aliphatic carbocycles. The number of hydrogen-bond donors (Lipinski definition) is 2. The van der Waals surface area contributed by atoms with Crippen LogP contribution in [0.2, 0.25) is 0 Å². The summed E-state index contributed by atoms with van der Waals surface area (Å²) in [5, 5.41) is 9.12. The predicted molar refractivity (Wildman–Crippen MR) is 70.0 cm³/mol. The molecule has 18 heavy (non-hydrogen) atoms. The van der Waals surface area contributed by atoms with Crippen LogP contribution in [0.25, 0.3) is 0 Å². The van der Waals surface area contributed by atoms with Crippen molar-refractivity contribution in [1.29, 1.82) is 0 Å². The number of carbonyl (C=O) groups is 1. The second kappa shape index (κ2) is 5.30. The first-order chi connectivity index (χ1) is 8.61. The Hall–Kier alpha value is -1.69. The van der Waals surface area contributed by atoms with Crippen LogP contribution in [0.1, 0.15) is 22.8 Å². The summed E-state index contributed by atoms with van der Waals surface area (Å²) in [6, 6.07) is 4.22. The van der Waals surface area contributed by atoms with Crippen molar-refractivity contribution < 1.29 is 9.18 Å². The Labute approximate surface area is 112 Å². The number of aromatic amines is 1. The average Bonchev–Trinajstić information content (AvgIpc) is 2.79. The molecule has 1 aromatic carbocycles. The first-order valence-corrected chi connectivity index (χ1v) is 6.19. The smallest absolute Gasteiger partial charge is 0.259 e. The molecule has 0 bridgehead atoms. The van der Waals surface area contributed by atoms with E-state index in [1.807, 2.05) is 6.92 Å². The van der Waals surface area contributed by atoms with Crippen molar-refractivity contribution in [2.24, 2.45) is 0 Å².